The number of fused-ring (bicyclic) bond motifs is 9. The van der Waals surface area contributed by atoms with Crippen molar-refractivity contribution in [2.75, 3.05) is 0 Å². The summed E-state index contributed by atoms with van der Waals surface area (Å²) < 4.78 is 5.29. The minimum Gasteiger partial charge on any atom is -0.361 e. The summed E-state index contributed by atoms with van der Waals surface area (Å²) in [6.07, 6.45) is 10.5. The van der Waals surface area contributed by atoms with Crippen molar-refractivity contribution >= 4 is 70.5 Å². The van der Waals surface area contributed by atoms with Crippen LogP contribution in [-0.4, -0.2) is 4.57 Å². The van der Waals surface area contributed by atoms with Gasteiger partial charge in [-0.2, -0.15) is 0 Å². The van der Waals surface area contributed by atoms with Gasteiger partial charge in [0.15, 0.2) is 0 Å². The fraction of sp³-hybridized carbons (Fsp3) is 0.100. The highest BCUT2D eigenvalue weighted by molar-refractivity contribution is 7.26. The van der Waals surface area contributed by atoms with Gasteiger partial charge in [0, 0.05) is 48.4 Å². The molecule has 0 saturated carbocycles. The number of nitrogens with zero attached hydrogens (tertiary/aromatic N) is 1. The molecule has 1 N–H and O–H groups in total. The summed E-state index contributed by atoms with van der Waals surface area (Å²) in [5.41, 5.74) is 8.88. The van der Waals surface area contributed by atoms with Crippen molar-refractivity contribution in [3.63, 3.8) is 0 Å². The molecule has 0 bridgehead atoms. The minimum absolute atomic E-state index is 0.0289. The average Bonchev–Trinajstić information content (AvgIpc) is 3.62. The smallest absolute Gasteiger partial charge is 0.124 e. The Labute approximate surface area is 254 Å². The maximum absolute atomic E-state index is 3.96. The van der Waals surface area contributed by atoms with Crippen molar-refractivity contribution < 1.29 is 0 Å². The van der Waals surface area contributed by atoms with Gasteiger partial charge in [-0.25, -0.2) is 0 Å². The molecule has 43 heavy (non-hydrogen) atoms. The summed E-state index contributed by atoms with van der Waals surface area (Å²) in [7, 11) is 0. The van der Waals surface area contributed by atoms with Crippen molar-refractivity contribution in [2.24, 2.45) is 0 Å². The van der Waals surface area contributed by atoms with E-state index in [4.69, 9.17) is 0 Å². The van der Waals surface area contributed by atoms with Crippen molar-refractivity contribution in [2.45, 2.75) is 25.4 Å². The van der Waals surface area contributed by atoms with Crippen molar-refractivity contribution in [3.8, 4) is 0 Å². The molecule has 2 aliphatic rings. The van der Waals surface area contributed by atoms with E-state index in [1.54, 1.807) is 0 Å². The number of rotatable bonds is 3. The molecule has 7 aromatic rings. The number of thiophene rings is 1. The predicted molar refractivity (Wildman–Crippen MR) is 185 cm³/mol. The minimum atomic E-state index is -0.0289. The lowest BCUT2D eigenvalue weighted by Crippen LogP contribution is -2.28. The Balaban J connectivity index is 1.33. The molecule has 1 unspecified atom stereocenters. The summed E-state index contributed by atoms with van der Waals surface area (Å²) >= 11 is 1.89. The molecule has 0 fully saturated rings. The largest absolute Gasteiger partial charge is 0.361 e. The molecular formula is C40H30N2S. The number of nitrogens with one attached hydrogen (secondary N) is 1. The third-order valence-corrected chi connectivity index (χ3v) is 10.4. The van der Waals surface area contributed by atoms with Crippen LogP contribution in [-0.2, 0) is 0 Å². The van der Waals surface area contributed by atoms with Gasteiger partial charge in [-0.1, -0.05) is 110 Å². The van der Waals surface area contributed by atoms with Crippen LogP contribution in [0.5, 0.6) is 0 Å². The van der Waals surface area contributed by atoms with E-state index in [9.17, 15) is 0 Å². The standard InChI is InChI=1S/C40H30N2S/c1-25-11-10-17-32-38-29-20-22-36-39(31-16-8-9-18-35(31)43-36)30(29)19-21-34(38)42(40(25)32)37-24-28(26-12-4-2-5-13-26)23-33(41-37)27-14-6-3-7-15-27/h2-10,12-25,37,41H,11H2,1H3/t25?,37-/m0/s1. The maximum atomic E-state index is 3.96. The van der Waals surface area contributed by atoms with Crippen LogP contribution >= 0.6 is 11.3 Å². The highest BCUT2D eigenvalue weighted by atomic mass is 32.1. The van der Waals surface area contributed by atoms with Crippen LogP contribution < -0.4 is 5.32 Å². The topological polar surface area (TPSA) is 17.0 Å². The number of aromatic nitrogens is 1. The molecular weight excluding hydrogens is 541 g/mol. The van der Waals surface area contributed by atoms with Gasteiger partial charge in [0.05, 0.1) is 5.52 Å². The second kappa shape index (κ2) is 9.58. The van der Waals surface area contributed by atoms with Crippen LogP contribution in [0.2, 0.25) is 0 Å². The predicted octanol–water partition coefficient (Wildman–Crippen LogP) is 10.9. The molecule has 2 nitrogen and oxygen atoms in total. The fourth-order valence-electron chi connectivity index (χ4n) is 7.31. The van der Waals surface area contributed by atoms with Crippen molar-refractivity contribution in [3.05, 3.63) is 150 Å². The van der Waals surface area contributed by atoms with Gasteiger partial charge in [-0.05, 0) is 64.2 Å². The molecule has 2 aromatic heterocycles. The molecule has 206 valence electrons. The quantitative estimate of drug-likeness (QED) is 0.224. The van der Waals surface area contributed by atoms with Crippen LogP contribution in [0, 0.1) is 0 Å². The third kappa shape index (κ3) is 3.78. The molecule has 1 aliphatic carbocycles. The lowest BCUT2D eigenvalue weighted by Gasteiger charge is -2.30. The zero-order chi connectivity index (χ0) is 28.5. The van der Waals surface area contributed by atoms with E-state index >= 15 is 0 Å². The molecule has 2 atom stereocenters. The first-order chi connectivity index (χ1) is 21.2. The molecule has 3 heterocycles. The Morgan fingerprint density at radius 2 is 1.42 bits per heavy atom. The van der Waals surface area contributed by atoms with E-state index in [-0.39, 0.29) is 6.17 Å². The van der Waals surface area contributed by atoms with Gasteiger partial charge < -0.3 is 9.88 Å². The Morgan fingerprint density at radius 3 is 2.26 bits per heavy atom. The highest BCUT2D eigenvalue weighted by Crippen LogP contribution is 2.46. The number of dihydropyridines is 1. The van der Waals surface area contributed by atoms with Crippen LogP contribution in [0.15, 0.2) is 127 Å². The van der Waals surface area contributed by atoms with Gasteiger partial charge in [-0.3, -0.25) is 0 Å². The number of hydrogen-bond acceptors (Lipinski definition) is 2. The van der Waals surface area contributed by atoms with Crippen molar-refractivity contribution in [1.29, 1.82) is 0 Å². The van der Waals surface area contributed by atoms with Gasteiger partial charge in [0.25, 0.3) is 0 Å². The van der Waals surface area contributed by atoms with Gasteiger partial charge in [0.1, 0.15) is 6.17 Å². The summed E-state index contributed by atoms with van der Waals surface area (Å²) in [6.45, 7) is 2.38. The number of benzene rings is 5. The van der Waals surface area contributed by atoms with Crippen LogP contribution in [0.3, 0.4) is 0 Å². The SMILES string of the molecule is CC1CC=Cc2c1n([C@H]1C=C(c3ccccc3)C=C(c3ccccc3)N1)c1ccc3c(ccc4sc5ccccc5c43)c21. The monoisotopic (exact) mass is 570 g/mol. The molecule has 9 rings (SSSR count). The molecule has 0 amide bonds. The summed E-state index contributed by atoms with van der Waals surface area (Å²) in [5.74, 6) is 0.412. The maximum Gasteiger partial charge on any atom is 0.124 e. The zero-order valence-electron chi connectivity index (χ0n) is 23.9. The molecule has 5 aromatic carbocycles. The van der Waals surface area contributed by atoms with E-state index in [1.807, 2.05) is 11.3 Å². The molecule has 0 radical (unpaired) electrons. The Kier molecular flexibility index (Phi) is 5.51. The lowest BCUT2D eigenvalue weighted by molar-refractivity contribution is 0.532. The third-order valence-electron chi connectivity index (χ3n) is 9.23. The molecule has 1 aliphatic heterocycles. The zero-order valence-corrected chi connectivity index (χ0v) is 24.7. The van der Waals surface area contributed by atoms with E-state index < -0.39 is 0 Å². The first kappa shape index (κ1) is 24.7. The first-order valence-corrected chi connectivity index (χ1v) is 15.9. The molecule has 0 saturated heterocycles. The van der Waals surface area contributed by atoms with Gasteiger partial charge >= 0.3 is 0 Å². The van der Waals surface area contributed by atoms with Gasteiger partial charge in [-0.15, -0.1) is 11.3 Å². The van der Waals surface area contributed by atoms with E-state index in [0.717, 1.165) is 12.1 Å². The Hall–Kier alpha value is -4.86. The second-order valence-corrected chi connectivity index (χ2v) is 12.9. The molecule has 3 heteroatoms. The average molecular weight is 571 g/mol. The number of allylic oxidation sites excluding steroid dienone is 3. The van der Waals surface area contributed by atoms with Crippen molar-refractivity contribution in [1.82, 2.24) is 9.88 Å². The van der Waals surface area contributed by atoms with Gasteiger partial charge in [0.2, 0.25) is 0 Å². The summed E-state index contributed by atoms with van der Waals surface area (Å²) in [4.78, 5) is 0. The first-order valence-electron chi connectivity index (χ1n) is 15.1. The van der Waals surface area contributed by atoms with Crippen LogP contribution in [0.4, 0.5) is 0 Å². The normalized spacial score (nSPS) is 18.2. The van der Waals surface area contributed by atoms with E-state index in [1.165, 1.54) is 69.8 Å². The lowest BCUT2D eigenvalue weighted by atomic mass is 9.91. The summed E-state index contributed by atoms with van der Waals surface area (Å²) in [6, 6.07) is 39.8. The highest BCUT2D eigenvalue weighted by Gasteiger charge is 2.29. The van der Waals surface area contributed by atoms with E-state index in [0.29, 0.717) is 5.92 Å². The molecule has 0 spiro atoms. The Bertz CT molecular complexity index is 2300. The summed E-state index contributed by atoms with van der Waals surface area (Å²) in [5, 5.41) is 10.7. The van der Waals surface area contributed by atoms with E-state index in [2.05, 4.69) is 150 Å². The van der Waals surface area contributed by atoms with Crippen LogP contribution in [0.25, 0.3) is 59.2 Å². The fourth-order valence-corrected chi connectivity index (χ4v) is 8.43. The van der Waals surface area contributed by atoms with Crippen LogP contribution in [0.1, 0.15) is 47.8 Å². The Morgan fingerprint density at radius 1 is 0.698 bits per heavy atom. The second-order valence-electron chi connectivity index (χ2n) is 11.8. The number of hydrogen-bond donors (Lipinski definition) is 1.